The number of rotatable bonds is 6. The molecule has 1 aromatic carbocycles. The van der Waals surface area contributed by atoms with Gasteiger partial charge in [-0.15, -0.1) is 0 Å². The average Bonchev–Trinajstić information content (AvgIpc) is 3.07. The number of aryl methyl sites for hydroxylation is 1. The number of hydrogen-bond donors (Lipinski definition) is 1. The summed E-state index contributed by atoms with van der Waals surface area (Å²) in [7, 11) is 0. The van der Waals surface area contributed by atoms with Crippen molar-refractivity contribution in [3.63, 3.8) is 0 Å². The lowest BCUT2D eigenvalue weighted by atomic mass is 10.1. The molecule has 1 N–H and O–H groups in total. The van der Waals surface area contributed by atoms with Gasteiger partial charge in [0.15, 0.2) is 5.65 Å². The third-order valence-corrected chi connectivity index (χ3v) is 4.14. The molecule has 0 amide bonds. The van der Waals surface area contributed by atoms with Crippen LogP contribution in [0.4, 0.5) is 0 Å². The number of hydrogen-bond acceptors (Lipinski definition) is 3. The maximum atomic E-state index is 11.9. The van der Waals surface area contributed by atoms with Gasteiger partial charge in [-0.1, -0.05) is 37.1 Å². The Kier molecular flexibility index (Phi) is 5.14. The number of nitrogens with zero attached hydrogens (tertiary/aromatic N) is 3. The predicted molar refractivity (Wildman–Crippen MR) is 98.6 cm³/mol. The molecule has 0 saturated heterocycles. The Labute approximate surface area is 150 Å². The van der Waals surface area contributed by atoms with E-state index >= 15 is 0 Å². The van der Waals surface area contributed by atoms with Crippen LogP contribution in [0.5, 0.6) is 0 Å². The highest BCUT2D eigenvalue weighted by molar-refractivity contribution is 6.30. The number of carbonyl (C=O) groups is 1. The molecule has 3 aromatic rings. The number of unbranched alkanes of at least 4 members (excludes halogenated alkanes) is 1. The van der Waals surface area contributed by atoms with Crippen LogP contribution in [0.3, 0.4) is 0 Å². The smallest absolute Gasteiger partial charge is 0.337 e. The summed E-state index contributed by atoms with van der Waals surface area (Å²) in [6.07, 6.45) is 6.10. The van der Waals surface area contributed by atoms with Crippen molar-refractivity contribution in [1.82, 2.24) is 14.6 Å². The first-order chi connectivity index (χ1) is 12.1. The summed E-state index contributed by atoms with van der Waals surface area (Å²) >= 11 is 5.90. The fraction of sp³-hybridized carbons (Fsp3) is 0.211. The van der Waals surface area contributed by atoms with Gasteiger partial charge in [-0.05, 0) is 42.7 Å². The predicted octanol–water partition coefficient (Wildman–Crippen LogP) is 4.35. The minimum absolute atomic E-state index is 0.163. The number of benzene rings is 1. The van der Waals surface area contributed by atoms with Crippen molar-refractivity contribution < 1.29 is 9.90 Å². The van der Waals surface area contributed by atoms with Crippen LogP contribution in [0.25, 0.3) is 17.3 Å². The fourth-order valence-corrected chi connectivity index (χ4v) is 2.74. The topological polar surface area (TPSA) is 67.5 Å². The van der Waals surface area contributed by atoms with Crippen molar-refractivity contribution in [2.75, 3.05) is 0 Å². The fourth-order valence-electron chi connectivity index (χ4n) is 2.61. The molecule has 0 unspecified atom stereocenters. The van der Waals surface area contributed by atoms with Crippen LogP contribution >= 0.6 is 11.6 Å². The Bertz CT molecular complexity index is 929. The second-order valence-electron chi connectivity index (χ2n) is 5.75. The Hall–Kier alpha value is -2.66. The van der Waals surface area contributed by atoms with E-state index in [1.54, 1.807) is 47.1 Å². The first kappa shape index (κ1) is 17.2. The van der Waals surface area contributed by atoms with Crippen LogP contribution in [0, 0.1) is 0 Å². The summed E-state index contributed by atoms with van der Waals surface area (Å²) in [5.41, 5.74) is 2.95. The van der Waals surface area contributed by atoms with E-state index in [1.165, 1.54) is 0 Å². The molecule has 0 radical (unpaired) electrons. The van der Waals surface area contributed by atoms with E-state index in [9.17, 15) is 9.90 Å². The molecular weight excluding hydrogens is 338 g/mol. The van der Waals surface area contributed by atoms with Gasteiger partial charge in [0, 0.05) is 16.8 Å². The maximum Gasteiger partial charge on any atom is 0.337 e. The monoisotopic (exact) mass is 355 g/mol. The summed E-state index contributed by atoms with van der Waals surface area (Å²) in [5.74, 6) is -1.01. The molecule has 0 spiro atoms. The van der Waals surface area contributed by atoms with E-state index in [-0.39, 0.29) is 5.57 Å². The molecule has 3 rings (SSSR count). The molecule has 0 saturated carbocycles. The van der Waals surface area contributed by atoms with Crippen LogP contribution in [0.15, 0.2) is 42.6 Å². The highest BCUT2D eigenvalue weighted by atomic mass is 35.5. The lowest BCUT2D eigenvalue weighted by Crippen LogP contribution is -2.08. The van der Waals surface area contributed by atoms with Gasteiger partial charge in [0.25, 0.3) is 0 Å². The van der Waals surface area contributed by atoms with E-state index in [0.717, 1.165) is 30.5 Å². The molecule has 25 heavy (non-hydrogen) atoms. The van der Waals surface area contributed by atoms with Crippen molar-refractivity contribution in [2.45, 2.75) is 26.2 Å². The zero-order valence-electron chi connectivity index (χ0n) is 13.8. The van der Waals surface area contributed by atoms with Crippen molar-refractivity contribution in [1.29, 1.82) is 0 Å². The summed E-state index contributed by atoms with van der Waals surface area (Å²) in [5, 5.41) is 14.6. The highest BCUT2D eigenvalue weighted by Crippen LogP contribution is 2.22. The number of aliphatic carboxylic acids is 1. The molecule has 0 aliphatic carbocycles. The zero-order valence-corrected chi connectivity index (χ0v) is 14.6. The van der Waals surface area contributed by atoms with E-state index in [4.69, 9.17) is 11.6 Å². The summed E-state index contributed by atoms with van der Waals surface area (Å²) in [6, 6.07) is 10.6. The van der Waals surface area contributed by atoms with Gasteiger partial charge in [-0.25, -0.2) is 14.3 Å². The van der Waals surface area contributed by atoms with Crippen LogP contribution < -0.4 is 0 Å². The van der Waals surface area contributed by atoms with Crippen LogP contribution in [-0.4, -0.2) is 25.7 Å². The lowest BCUT2D eigenvalue weighted by Gasteiger charge is -2.09. The van der Waals surface area contributed by atoms with Gasteiger partial charge in [-0.2, -0.15) is 5.10 Å². The van der Waals surface area contributed by atoms with E-state index in [2.05, 4.69) is 17.0 Å². The number of carboxylic acid groups (broad SMARTS) is 1. The third-order valence-electron chi connectivity index (χ3n) is 3.89. The molecule has 2 heterocycles. The molecule has 0 fully saturated rings. The van der Waals surface area contributed by atoms with E-state index in [0.29, 0.717) is 16.4 Å². The van der Waals surface area contributed by atoms with Gasteiger partial charge < -0.3 is 5.11 Å². The van der Waals surface area contributed by atoms with Gasteiger partial charge in [0.1, 0.15) is 0 Å². The Morgan fingerprint density at radius 1 is 1.28 bits per heavy atom. The Morgan fingerprint density at radius 2 is 2.04 bits per heavy atom. The number of carboxylic acids is 1. The number of aromatic nitrogens is 3. The van der Waals surface area contributed by atoms with Gasteiger partial charge in [-0.3, -0.25) is 0 Å². The maximum absolute atomic E-state index is 11.9. The molecule has 128 valence electrons. The van der Waals surface area contributed by atoms with Crippen molar-refractivity contribution in [2.24, 2.45) is 0 Å². The molecule has 0 bridgehead atoms. The van der Waals surface area contributed by atoms with Gasteiger partial charge >= 0.3 is 5.97 Å². The van der Waals surface area contributed by atoms with Crippen molar-refractivity contribution in [3.05, 3.63) is 64.6 Å². The quantitative estimate of drug-likeness (QED) is 0.667. The molecule has 0 aliphatic heterocycles. The zero-order chi connectivity index (χ0) is 17.8. The second-order valence-corrected chi connectivity index (χ2v) is 6.19. The summed E-state index contributed by atoms with van der Waals surface area (Å²) in [6.45, 7) is 2.11. The highest BCUT2D eigenvalue weighted by Gasteiger charge is 2.17. The molecule has 0 aliphatic rings. The number of fused-ring (bicyclic) bond motifs is 1. The third kappa shape index (κ3) is 3.88. The Balaban J connectivity index is 2.13. The minimum Gasteiger partial charge on any atom is -0.478 e. The van der Waals surface area contributed by atoms with Crippen LogP contribution in [-0.2, 0) is 11.2 Å². The standard InChI is InChI=1S/C19H18ClN3O2/c1-2-3-4-15-12-17(23-18(22-15)9-10-21-23)16(19(24)25)11-13-5-7-14(20)8-6-13/h5-12H,2-4H2,1H3,(H,24,25). The summed E-state index contributed by atoms with van der Waals surface area (Å²) in [4.78, 5) is 16.5. The van der Waals surface area contributed by atoms with Crippen LogP contribution in [0.1, 0.15) is 36.7 Å². The van der Waals surface area contributed by atoms with Gasteiger partial charge in [0.05, 0.1) is 17.5 Å². The first-order valence-electron chi connectivity index (χ1n) is 8.13. The lowest BCUT2D eigenvalue weighted by molar-refractivity contribution is -0.130. The Morgan fingerprint density at radius 3 is 2.72 bits per heavy atom. The molecule has 0 atom stereocenters. The van der Waals surface area contributed by atoms with E-state index < -0.39 is 5.97 Å². The normalized spacial score (nSPS) is 11.8. The molecule has 2 aromatic heterocycles. The number of halogens is 1. The van der Waals surface area contributed by atoms with Crippen molar-refractivity contribution >= 4 is 34.9 Å². The minimum atomic E-state index is -1.01. The van der Waals surface area contributed by atoms with Crippen molar-refractivity contribution in [3.8, 4) is 0 Å². The van der Waals surface area contributed by atoms with Gasteiger partial charge in [0.2, 0.25) is 0 Å². The molecule has 5 nitrogen and oxygen atoms in total. The van der Waals surface area contributed by atoms with Crippen LogP contribution in [0.2, 0.25) is 5.02 Å². The largest absolute Gasteiger partial charge is 0.478 e. The second kappa shape index (κ2) is 7.49. The van der Waals surface area contributed by atoms with E-state index in [1.807, 2.05) is 6.07 Å². The average molecular weight is 356 g/mol. The molecular formula is C19H18ClN3O2. The SMILES string of the molecule is CCCCc1cc(C(=Cc2ccc(Cl)cc2)C(=O)O)n2nccc2n1. The molecule has 6 heteroatoms. The summed E-state index contributed by atoms with van der Waals surface area (Å²) < 4.78 is 1.56. The first-order valence-corrected chi connectivity index (χ1v) is 8.51.